The van der Waals surface area contributed by atoms with Crippen molar-refractivity contribution in [2.75, 3.05) is 33.3 Å². The molecule has 0 aromatic heterocycles. The van der Waals surface area contributed by atoms with Gasteiger partial charge in [-0.15, -0.1) is 13.2 Å². The number of rotatable bonds is 10. The summed E-state index contributed by atoms with van der Waals surface area (Å²) in [5.41, 5.74) is -1.48. The molecule has 3 aliphatic heterocycles. The van der Waals surface area contributed by atoms with Crippen molar-refractivity contribution in [1.82, 2.24) is 14.7 Å². The summed E-state index contributed by atoms with van der Waals surface area (Å²) in [6.07, 6.45) is 5.30. The molecule has 0 aromatic carbocycles. The molecule has 5 atom stereocenters. The Hall–Kier alpha value is -2.19. The van der Waals surface area contributed by atoms with Gasteiger partial charge in [-0.3, -0.25) is 14.4 Å². The van der Waals surface area contributed by atoms with Crippen LogP contribution in [-0.2, 0) is 19.1 Å². The van der Waals surface area contributed by atoms with Crippen molar-refractivity contribution in [3.05, 3.63) is 25.3 Å². The zero-order valence-electron chi connectivity index (χ0n) is 20.5. The molecule has 8 nitrogen and oxygen atoms in total. The van der Waals surface area contributed by atoms with Gasteiger partial charge in [-0.1, -0.05) is 12.2 Å². The number of carbonyl (C=O) groups is 3. The van der Waals surface area contributed by atoms with Crippen LogP contribution in [0.15, 0.2) is 25.3 Å². The van der Waals surface area contributed by atoms with Crippen LogP contribution in [0.1, 0.15) is 46.5 Å². The smallest absolute Gasteiger partial charge is 0.249 e. The van der Waals surface area contributed by atoms with E-state index in [-0.39, 0.29) is 30.4 Å². The molecule has 0 aromatic rings. The van der Waals surface area contributed by atoms with Crippen LogP contribution in [0.3, 0.4) is 0 Å². The Morgan fingerprint density at radius 3 is 2.45 bits per heavy atom. The van der Waals surface area contributed by atoms with Gasteiger partial charge < -0.3 is 24.5 Å². The maximum Gasteiger partial charge on any atom is 0.249 e. The molecule has 184 valence electrons. The van der Waals surface area contributed by atoms with E-state index in [0.717, 1.165) is 0 Å². The summed E-state index contributed by atoms with van der Waals surface area (Å²) in [6.45, 7) is 14.5. The van der Waals surface area contributed by atoms with Crippen LogP contribution in [0.2, 0.25) is 0 Å². The number of unbranched alkanes of at least 4 members (excludes halogenated alkanes) is 1. The van der Waals surface area contributed by atoms with Gasteiger partial charge in [-0.05, 0) is 46.5 Å². The van der Waals surface area contributed by atoms with Gasteiger partial charge in [0.15, 0.2) is 0 Å². The number of hydrogen-bond acceptors (Lipinski definition) is 5. The van der Waals surface area contributed by atoms with Crippen LogP contribution in [-0.4, -0.2) is 94.1 Å². The van der Waals surface area contributed by atoms with Gasteiger partial charge in [0.2, 0.25) is 17.7 Å². The number of ether oxygens (including phenoxy) is 1. The quantitative estimate of drug-likeness (QED) is 0.394. The van der Waals surface area contributed by atoms with E-state index in [9.17, 15) is 19.5 Å². The van der Waals surface area contributed by atoms with Crippen molar-refractivity contribution in [2.45, 2.75) is 69.7 Å². The normalized spacial score (nSPS) is 30.3. The third kappa shape index (κ3) is 4.23. The third-order valence-electron chi connectivity index (χ3n) is 7.29. The summed E-state index contributed by atoms with van der Waals surface area (Å²) >= 11 is 0. The number of aliphatic hydroxyl groups excluding tert-OH is 1. The van der Waals surface area contributed by atoms with Gasteiger partial charge in [0.25, 0.3) is 0 Å². The van der Waals surface area contributed by atoms with Crippen molar-refractivity contribution in [1.29, 1.82) is 0 Å². The average molecular weight is 462 g/mol. The van der Waals surface area contributed by atoms with Crippen molar-refractivity contribution in [3.63, 3.8) is 0 Å². The Morgan fingerprint density at radius 1 is 1.21 bits per heavy atom. The number of aliphatic hydroxyl groups is 1. The van der Waals surface area contributed by atoms with Gasteiger partial charge in [0, 0.05) is 38.8 Å². The maximum absolute atomic E-state index is 14.1. The van der Waals surface area contributed by atoms with Gasteiger partial charge >= 0.3 is 0 Å². The Kier molecular flexibility index (Phi) is 7.39. The van der Waals surface area contributed by atoms with E-state index >= 15 is 0 Å². The largest absolute Gasteiger partial charge is 0.396 e. The Morgan fingerprint density at radius 2 is 1.88 bits per heavy atom. The summed E-state index contributed by atoms with van der Waals surface area (Å²) in [5.74, 6) is -1.77. The van der Waals surface area contributed by atoms with Crippen LogP contribution in [0, 0.1) is 11.8 Å². The summed E-state index contributed by atoms with van der Waals surface area (Å²) < 4.78 is 6.47. The lowest BCUT2D eigenvalue weighted by atomic mass is 9.70. The molecule has 3 aliphatic rings. The number of hydrogen-bond donors (Lipinski definition) is 1. The van der Waals surface area contributed by atoms with Gasteiger partial charge in [0.1, 0.15) is 11.6 Å². The SMILES string of the molecule is C=CCN(C)C(=O)[C@@H]1[C@@H]2CCC3(O2)C(C(=O)N(CC=C)C(C)(C)C)N(CCCCO)C(=O)[C@H]13. The van der Waals surface area contributed by atoms with Crippen molar-refractivity contribution in [3.8, 4) is 0 Å². The molecule has 1 spiro atoms. The number of amides is 3. The summed E-state index contributed by atoms with van der Waals surface area (Å²) in [6, 6.07) is -0.791. The highest BCUT2D eigenvalue weighted by Gasteiger charge is 2.74. The zero-order valence-corrected chi connectivity index (χ0v) is 20.5. The second-order valence-electron chi connectivity index (χ2n) is 10.4. The lowest BCUT2D eigenvalue weighted by molar-refractivity contribution is -0.151. The summed E-state index contributed by atoms with van der Waals surface area (Å²) in [7, 11) is 1.70. The molecular formula is C25H39N3O5. The molecule has 33 heavy (non-hydrogen) atoms. The summed E-state index contributed by atoms with van der Waals surface area (Å²) in [5, 5.41) is 9.26. The molecule has 0 aliphatic carbocycles. The fraction of sp³-hybridized carbons (Fsp3) is 0.720. The Bertz CT molecular complexity index is 806. The van der Waals surface area contributed by atoms with Crippen molar-refractivity contribution < 1.29 is 24.2 Å². The second kappa shape index (κ2) is 9.58. The molecule has 0 radical (unpaired) electrons. The molecular weight excluding hydrogens is 422 g/mol. The predicted octanol–water partition coefficient (Wildman–Crippen LogP) is 1.59. The van der Waals surface area contributed by atoms with Crippen molar-refractivity contribution in [2.24, 2.45) is 11.8 Å². The Labute approximate surface area is 197 Å². The molecule has 3 saturated heterocycles. The zero-order chi connectivity index (χ0) is 24.6. The third-order valence-corrected chi connectivity index (χ3v) is 7.29. The van der Waals surface area contributed by atoms with E-state index in [1.54, 1.807) is 33.9 Å². The molecule has 3 rings (SSSR count). The first-order chi connectivity index (χ1) is 15.5. The lowest BCUT2D eigenvalue weighted by Gasteiger charge is -2.42. The number of carbonyl (C=O) groups excluding carboxylic acids is 3. The molecule has 3 heterocycles. The second-order valence-corrected chi connectivity index (χ2v) is 10.4. The van der Waals surface area contributed by atoms with Crippen LogP contribution < -0.4 is 0 Å². The van der Waals surface area contributed by atoms with E-state index in [2.05, 4.69) is 13.2 Å². The Balaban J connectivity index is 2.03. The fourth-order valence-corrected chi connectivity index (χ4v) is 5.86. The fourth-order valence-electron chi connectivity index (χ4n) is 5.86. The van der Waals surface area contributed by atoms with Gasteiger partial charge in [0.05, 0.1) is 17.9 Å². The van der Waals surface area contributed by atoms with E-state index < -0.39 is 29.0 Å². The number of likely N-dealkylation sites (N-methyl/N-ethyl adjacent to an activating group) is 1. The van der Waals surface area contributed by atoms with Crippen molar-refractivity contribution >= 4 is 17.7 Å². The van der Waals surface area contributed by atoms with Crippen LogP contribution in [0.5, 0.6) is 0 Å². The van der Waals surface area contributed by atoms with E-state index in [1.165, 1.54) is 0 Å². The van der Waals surface area contributed by atoms with Gasteiger partial charge in [-0.25, -0.2) is 0 Å². The van der Waals surface area contributed by atoms with Gasteiger partial charge in [-0.2, -0.15) is 0 Å². The number of nitrogens with zero attached hydrogens (tertiary/aromatic N) is 3. The molecule has 1 N–H and O–H groups in total. The first-order valence-corrected chi connectivity index (χ1v) is 11.9. The molecule has 2 bridgehead atoms. The average Bonchev–Trinajstić information content (AvgIpc) is 3.38. The predicted molar refractivity (Wildman–Crippen MR) is 125 cm³/mol. The highest BCUT2D eigenvalue weighted by Crippen LogP contribution is 2.59. The van der Waals surface area contributed by atoms with Crippen LogP contribution >= 0.6 is 0 Å². The monoisotopic (exact) mass is 461 g/mol. The minimum Gasteiger partial charge on any atom is -0.396 e. The molecule has 3 fully saturated rings. The first kappa shape index (κ1) is 25.4. The summed E-state index contributed by atoms with van der Waals surface area (Å²) in [4.78, 5) is 46.1. The first-order valence-electron chi connectivity index (χ1n) is 11.9. The lowest BCUT2D eigenvalue weighted by Crippen LogP contribution is -2.60. The number of likely N-dealkylation sites (tertiary alicyclic amines) is 1. The van der Waals surface area contributed by atoms with Crippen LogP contribution in [0.4, 0.5) is 0 Å². The van der Waals surface area contributed by atoms with Crippen LogP contribution in [0.25, 0.3) is 0 Å². The standard InChI is InChI=1S/C25H39N3O5/c1-7-13-26(6)21(30)18-17-11-12-25(33-17)19(18)22(31)27(15-9-10-16-29)20(25)23(32)28(14-8-2)24(3,4)5/h7-8,17-20,29H,1-2,9-16H2,3-6H3/t17-,18+,19-,20?,25?/m0/s1. The minimum atomic E-state index is -1.00. The molecule has 3 amide bonds. The maximum atomic E-state index is 14.1. The van der Waals surface area contributed by atoms with E-state index in [1.807, 2.05) is 20.8 Å². The molecule has 0 saturated carbocycles. The molecule has 8 heteroatoms. The van der Waals surface area contributed by atoms with E-state index in [4.69, 9.17) is 4.74 Å². The minimum absolute atomic E-state index is 0.0197. The number of fused-ring (bicyclic) bond motifs is 1. The molecule has 2 unspecified atom stereocenters. The topological polar surface area (TPSA) is 90.4 Å². The van der Waals surface area contributed by atoms with E-state index in [0.29, 0.717) is 45.3 Å². The highest BCUT2D eigenvalue weighted by atomic mass is 16.5. The highest BCUT2D eigenvalue weighted by molar-refractivity contribution is 5.99.